The van der Waals surface area contributed by atoms with Crippen molar-refractivity contribution in [1.29, 1.82) is 0 Å². The van der Waals surface area contributed by atoms with E-state index in [1.807, 2.05) is 50.4 Å². The van der Waals surface area contributed by atoms with Gasteiger partial charge in [0.15, 0.2) is 5.69 Å². The Kier molecular flexibility index (Phi) is 4.86. The van der Waals surface area contributed by atoms with Crippen LogP contribution in [0.2, 0.25) is 0 Å². The molecule has 134 valence electrons. The van der Waals surface area contributed by atoms with E-state index in [0.717, 1.165) is 18.4 Å². The van der Waals surface area contributed by atoms with Crippen molar-refractivity contribution in [1.82, 2.24) is 4.59 Å². The molecule has 1 unspecified atom stereocenters. The SMILES string of the molecule is CCC[N+]1(C)N=C(C(=O)O)c2cc(C=O)c(COc3ccccc3)cc21. The highest BCUT2D eigenvalue weighted by Crippen LogP contribution is 2.36. The number of carbonyl (C=O) groups excluding carboxylic acids is 1. The first-order valence-corrected chi connectivity index (χ1v) is 8.48. The molecule has 0 radical (unpaired) electrons. The minimum atomic E-state index is -1.09. The van der Waals surface area contributed by atoms with Gasteiger partial charge in [0.1, 0.15) is 25.2 Å². The molecular weight excluding hydrogens is 332 g/mol. The summed E-state index contributed by atoms with van der Waals surface area (Å²) in [6, 6.07) is 12.8. The third-order valence-electron chi connectivity index (χ3n) is 4.48. The Morgan fingerprint density at radius 1 is 1.27 bits per heavy atom. The molecule has 1 atom stereocenters. The second-order valence-electron chi connectivity index (χ2n) is 6.40. The van der Waals surface area contributed by atoms with Crippen molar-refractivity contribution in [3.63, 3.8) is 0 Å². The van der Waals surface area contributed by atoms with Gasteiger partial charge in [0.25, 0.3) is 0 Å². The van der Waals surface area contributed by atoms with Crippen LogP contribution in [0.3, 0.4) is 0 Å². The number of fused-ring (bicyclic) bond motifs is 1. The number of carbonyl (C=O) groups is 2. The number of aliphatic carboxylic acids is 1. The van der Waals surface area contributed by atoms with Crippen LogP contribution < -0.4 is 9.33 Å². The molecule has 1 aliphatic rings. The van der Waals surface area contributed by atoms with Crippen molar-refractivity contribution in [3.05, 3.63) is 59.2 Å². The maximum atomic E-state index is 11.6. The summed E-state index contributed by atoms with van der Waals surface area (Å²) in [5.41, 5.74) is 2.40. The summed E-state index contributed by atoms with van der Waals surface area (Å²) < 4.78 is 5.93. The van der Waals surface area contributed by atoms with Gasteiger partial charge < -0.3 is 9.84 Å². The van der Waals surface area contributed by atoms with E-state index in [0.29, 0.717) is 29.0 Å². The molecule has 2 aromatic carbocycles. The minimum absolute atomic E-state index is 0.00502. The number of carboxylic acids is 1. The zero-order chi connectivity index (χ0) is 18.7. The van der Waals surface area contributed by atoms with Crippen LogP contribution in [0, 0.1) is 0 Å². The van der Waals surface area contributed by atoms with Gasteiger partial charge >= 0.3 is 5.97 Å². The standard InChI is InChI=1S/C20H20N2O4/c1-3-9-22(2)18-11-15(13-26-16-7-5-4-6-8-16)14(12-23)10-17(18)19(21-22)20(24)25/h4-8,10-12H,3,9,13H2,1-2H3/p+1. The Balaban J connectivity index is 2.01. The highest BCUT2D eigenvalue weighted by Gasteiger charge is 2.40. The van der Waals surface area contributed by atoms with Crippen LogP contribution in [0.5, 0.6) is 5.75 Å². The second kappa shape index (κ2) is 7.09. The molecule has 0 bridgehead atoms. The number of ether oxygens (including phenoxy) is 1. The summed E-state index contributed by atoms with van der Waals surface area (Å²) >= 11 is 0. The number of carboxylic acid groups (broad SMARTS) is 1. The lowest BCUT2D eigenvalue weighted by molar-refractivity contribution is -0.129. The molecule has 3 rings (SSSR count). The van der Waals surface area contributed by atoms with Gasteiger partial charge in [-0.05, 0) is 24.6 Å². The lowest BCUT2D eigenvalue weighted by Gasteiger charge is -2.24. The number of aldehydes is 1. The largest absolute Gasteiger partial charge is 0.489 e. The highest BCUT2D eigenvalue weighted by atomic mass is 16.5. The predicted octanol–water partition coefficient (Wildman–Crippen LogP) is 3.23. The number of benzene rings is 2. The number of hydrogen-bond acceptors (Lipinski definition) is 4. The van der Waals surface area contributed by atoms with Gasteiger partial charge in [-0.1, -0.05) is 30.2 Å². The van der Waals surface area contributed by atoms with Crippen LogP contribution >= 0.6 is 0 Å². The van der Waals surface area contributed by atoms with Gasteiger partial charge in [-0.15, -0.1) is 0 Å². The molecule has 0 aromatic heterocycles. The maximum Gasteiger partial charge on any atom is 0.360 e. The molecule has 0 spiro atoms. The third kappa shape index (κ3) is 3.23. The van der Waals surface area contributed by atoms with Crippen molar-refractivity contribution in [3.8, 4) is 5.75 Å². The molecule has 6 heteroatoms. The van der Waals surface area contributed by atoms with E-state index in [1.165, 1.54) is 0 Å². The quantitative estimate of drug-likeness (QED) is 0.612. The van der Waals surface area contributed by atoms with Gasteiger partial charge in [-0.25, -0.2) is 4.79 Å². The fraction of sp³-hybridized carbons (Fsp3) is 0.250. The van der Waals surface area contributed by atoms with Gasteiger partial charge in [0.2, 0.25) is 5.71 Å². The molecule has 0 saturated carbocycles. The zero-order valence-electron chi connectivity index (χ0n) is 14.8. The van der Waals surface area contributed by atoms with E-state index in [9.17, 15) is 14.7 Å². The zero-order valence-corrected chi connectivity index (χ0v) is 14.8. The third-order valence-corrected chi connectivity index (χ3v) is 4.48. The smallest absolute Gasteiger partial charge is 0.360 e. The first-order valence-electron chi connectivity index (χ1n) is 8.48. The van der Waals surface area contributed by atoms with Crippen molar-refractivity contribution in [2.75, 3.05) is 13.6 Å². The molecule has 0 saturated heterocycles. The Labute approximate surface area is 151 Å². The van der Waals surface area contributed by atoms with E-state index in [2.05, 4.69) is 5.10 Å². The molecule has 1 N–H and O–H groups in total. The summed E-state index contributed by atoms with van der Waals surface area (Å²) in [5.74, 6) is -0.382. The van der Waals surface area contributed by atoms with Gasteiger partial charge in [-0.2, -0.15) is 4.59 Å². The van der Waals surface area contributed by atoms with Crippen molar-refractivity contribution < 1.29 is 19.4 Å². The topological polar surface area (TPSA) is 76.0 Å². The number of para-hydroxylation sites is 1. The number of nitrogens with zero attached hydrogens (tertiary/aromatic N) is 2. The Hall–Kier alpha value is -2.99. The summed E-state index contributed by atoms with van der Waals surface area (Å²) in [7, 11) is 1.88. The Morgan fingerprint density at radius 2 is 2.00 bits per heavy atom. The molecular formula is C20H21N2O4+. The minimum Gasteiger partial charge on any atom is -0.489 e. The van der Waals surface area contributed by atoms with Gasteiger partial charge in [0.05, 0.1) is 12.6 Å². The summed E-state index contributed by atoms with van der Waals surface area (Å²) in [5, 5.41) is 13.9. The van der Waals surface area contributed by atoms with Crippen molar-refractivity contribution >= 4 is 23.7 Å². The Morgan fingerprint density at radius 3 is 2.62 bits per heavy atom. The number of rotatable bonds is 7. The van der Waals surface area contributed by atoms with Gasteiger partial charge in [0, 0.05) is 17.2 Å². The van der Waals surface area contributed by atoms with E-state index >= 15 is 0 Å². The molecule has 0 fully saturated rings. The van der Waals surface area contributed by atoms with Crippen LogP contribution in [-0.4, -0.2) is 36.7 Å². The van der Waals surface area contributed by atoms with E-state index < -0.39 is 5.97 Å². The maximum absolute atomic E-state index is 11.6. The average Bonchev–Trinajstić information content (AvgIpc) is 2.92. The fourth-order valence-electron chi connectivity index (χ4n) is 3.24. The second-order valence-corrected chi connectivity index (χ2v) is 6.40. The molecule has 2 aromatic rings. The lowest BCUT2D eigenvalue weighted by atomic mass is 10.00. The summed E-state index contributed by atoms with van der Waals surface area (Å²) in [4.78, 5) is 23.2. The molecule has 1 heterocycles. The molecule has 1 aliphatic heterocycles. The van der Waals surface area contributed by atoms with Crippen LogP contribution in [0.1, 0.15) is 34.8 Å². The number of quaternary nitrogens is 1. The number of hydrogen-bond donors (Lipinski definition) is 1. The lowest BCUT2D eigenvalue weighted by Crippen LogP contribution is -2.38. The molecule has 6 nitrogen and oxygen atoms in total. The van der Waals surface area contributed by atoms with Crippen molar-refractivity contribution in [2.24, 2.45) is 5.10 Å². The molecule has 0 amide bonds. The first-order chi connectivity index (χ1) is 12.5. The normalized spacial score (nSPS) is 18.2. The van der Waals surface area contributed by atoms with Crippen LogP contribution in [0.15, 0.2) is 47.6 Å². The van der Waals surface area contributed by atoms with Crippen LogP contribution in [-0.2, 0) is 11.4 Å². The highest BCUT2D eigenvalue weighted by molar-refractivity contribution is 6.44. The summed E-state index contributed by atoms with van der Waals surface area (Å²) in [6.07, 6.45) is 1.57. The fourth-order valence-corrected chi connectivity index (χ4v) is 3.24. The van der Waals surface area contributed by atoms with Crippen LogP contribution in [0.25, 0.3) is 0 Å². The average molecular weight is 353 g/mol. The summed E-state index contributed by atoms with van der Waals surface area (Å²) in [6.45, 7) is 2.92. The monoisotopic (exact) mass is 353 g/mol. The van der Waals surface area contributed by atoms with E-state index in [1.54, 1.807) is 6.07 Å². The van der Waals surface area contributed by atoms with Gasteiger partial charge in [-0.3, -0.25) is 4.79 Å². The molecule has 26 heavy (non-hydrogen) atoms. The van der Waals surface area contributed by atoms with Crippen molar-refractivity contribution in [2.45, 2.75) is 20.0 Å². The Bertz CT molecular complexity index is 877. The first kappa shape index (κ1) is 17.8. The molecule has 0 aliphatic carbocycles. The van der Waals surface area contributed by atoms with Crippen LogP contribution in [0.4, 0.5) is 5.69 Å². The predicted molar refractivity (Wildman–Crippen MR) is 99.7 cm³/mol. The van der Waals surface area contributed by atoms with E-state index in [4.69, 9.17) is 4.74 Å². The van der Waals surface area contributed by atoms with E-state index in [-0.39, 0.29) is 16.9 Å².